The molecule has 0 aromatic heterocycles. The van der Waals surface area contributed by atoms with E-state index in [9.17, 15) is 9.59 Å². The van der Waals surface area contributed by atoms with Crippen LogP contribution in [-0.4, -0.2) is 23.4 Å². The molecule has 0 bridgehead atoms. The van der Waals surface area contributed by atoms with E-state index < -0.39 is 23.4 Å². The zero-order chi connectivity index (χ0) is 17.1. The fourth-order valence-corrected chi connectivity index (χ4v) is 1.90. The summed E-state index contributed by atoms with van der Waals surface area (Å²) in [6.45, 7) is 10.4. The monoisotopic (exact) mass is 371 g/mol. The van der Waals surface area contributed by atoms with Crippen LogP contribution in [0.4, 0.5) is 15.3 Å². The quantitative estimate of drug-likeness (QED) is 0.686. The van der Waals surface area contributed by atoms with Crippen molar-refractivity contribution in [2.45, 2.75) is 52.7 Å². The molecule has 0 fully saturated rings. The Hall–Kier alpha value is -1.56. The predicted molar refractivity (Wildman–Crippen MR) is 89.1 cm³/mol. The van der Waals surface area contributed by atoms with Crippen molar-refractivity contribution < 1.29 is 19.1 Å². The highest BCUT2D eigenvalue weighted by molar-refractivity contribution is 9.10. The minimum atomic E-state index is -0.778. The summed E-state index contributed by atoms with van der Waals surface area (Å²) in [7, 11) is 0. The van der Waals surface area contributed by atoms with Crippen molar-refractivity contribution in [3.8, 4) is 0 Å². The van der Waals surface area contributed by atoms with E-state index in [1.54, 1.807) is 65.8 Å². The molecular weight excluding hydrogens is 350 g/mol. The molecule has 0 saturated carbocycles. The highest BCUT2D eigenvalue weighted by atomic mass is 79.9. The molecule has 0 N–H and O–H groups in total. The Morgan fingerprint density at radius 3 is 1.77 bits per heavy atom. The lowest BCUT2D eigenvalue weighted by Gasteiger charge is -2.28. The summed E-state index contributed by atoms with van der Waals surface area (Å²) in [4.78, 5) is 25.7. The Kier molecular flexibility index (Phi) is 5.62. The van der Waals surface area contributed by atoms with Gasteiger partial charge in [0.2, 0.25) is 0 Å². The molecule has 0 aliphatic carbocycles. The number of rotatable bonds is 1. The van der Waals surface area contributed by atoms with Crippen LogP contribution in [-0.2, 0) is 9.47 Å². The van der Waals surface area contributed by atoms with Gasteiger partial charge in [-0.1, -0.05) is 22.0 Å². The topological polar surface area (TPSA) is 55.8 Å². The lowest BCUT2D eigenvalue weighted by Crippen LogP contribution is -2.43. The summed E-state index contributed by atoms with van der Waals surface area (Å²) in [5, 5.41) is 0. The van der Waals surface area contributed by atoms with E-state index in [1.165, 1.54) is 0 Å². The van der Waals surface area contributed by atoms with Gasteiger partial charge < -0.3 is 9.47 Å². The number of amides is 2. The van der Waals surface area contributed by atoms with Gasteiger partial charge in [0.1, 0.15) is 11.2 Å². The third-order valence-electron chi connectivity index (χ3n) is 2.22. The van der Waals surface area contributed by atoms with E-state index in [1.807, 2.05) is 0 Å². The summed E-state index contributed by atoms with van der Waals surface area (Å²) < 4.78 is 11.3. The fraction of sp³-hybridized carbons (Fsp3) is 0.500. The summed E-state index contributed by atoms with van der Waals surface area (Å²) in [5.41, 5.74) is -1.06. The van der Waals surface area contributed by atoms with Crippen molar-refractivity contribution in [2.24, 2.45) is 0 Å². The minimum Gasteiger partial charge on any atom is -0.443 e. The highest BCUT2D eigenvalue weighted by Gasteiger charge is 2.32. The van der Waals surface area contributed by atoms with Gasteiger partial charge >= 0.3 is 12.2 Å². The number of imide groups is 1. The second-order valence-electron chi connectivity index (χ2n) is 6.78. The zero-order valence-electron chi connectivity index (χ0n) is 13.8. The van der Waals surface area contributed by atoms with E-state index in [0.29, 0.717) is 5.69 Å². The number of halogens is 1. The van der Waals surface area contributed by atoms with Crippen LogP contribution in [0, 0.1) is 0 Å². The van der Waals surface area contributed by atoms with Crippen LogP contribution >= 0.6 is 15.9 Å². The first-order valence-corrected chi connectivity index (χ1v) is 7.70. The predicted octanol–water partition coefficient (Wildman–Crippen LogP) is 5.13. The molecule has 0 atom stereocenters. The van der Waals surface area contributed by atoms with Crippen LogP contribution in [0.1, 0.15) is 41.5 Å². The summed E-state index contributed by atoms with van der Waals surface area (Å²) >= 11 is 3.32. The Labute approximate surface area is 139 Å². The largest absolute Gasteiger partial charge is 0.443 e. The van der Waals surface area contributed by atoms with Gasteiger partial charge in [-0.2, -0.15) is 4.90 Å². The molecule has 0 spiro atoms. The van der Waals surface area contributed by atoms with Crippen molar-refractivity contribution in [2.75, 3.05) is 4.90 Å². The standard InChI is InChI=1S/C16H22BrNO4/c1-15(2,3)21-13(19)18(14(20)22-16(4,5)6)12-9-7-8-11(17)10-12/h7-10H,1-6H3. The smallest absolute Gasteiger partial charge is 0.424 e. The summed E-state index contributed by atoms with van der Waals surface area (Å²) in [5.74, 6) is 0. The molecule has 0 saturated heterocycles. The van der Waals surface area contributed by atoms with E-state index in [-0.39, 0.29) is 0 Å². The molecule has 122 valence electrons. The molecular formula is C16H22BrNO4. The third kappa shape index (κ3) is 6.05. The molecule has 1 aromatic carbocycles. The maximum Gasteiger partial charge on any atom is 0.424 e. The summed E-state index contributed by atoms with van der Waals surface area (Å²) in [6, 6.07) is 6.81. The number of anilines is 1. The van der Waals surface area contributed by atoms with Gasteiger partial charge in [-0.25, -0.2) is 9.59 Å². The van der Waals surface area contributed by atoms with Crippen molar-refractivity contribution in [3.05, 3.63) is 28.7 Å². The molecule has 5 nitrogen and oxygen atoms in total. The van der Waals surface area contributed by atoms with Gasteiger partial charge in [-0.3, -0.25) is 0 Å². The number of carbonyl (C=O) groups excluding carboxylic acids is 2. The minimum absolute atomic E-state index is 0.373. The third-order valence-corrected chi connectivity index (χ3v) is 2.71. The molecule has 0 aliphatic rings. The number of hydrogen-bond acceptors (Lipinski definition) is 4. The number of nitrogens with zero attached hydrogens (tertiary/aromatic N) is 1. The first-order chi connectivity index (χ1) is 9.89. The van der Waals surface area contributed by atoms with Crippen molar-refractivity contribution >= 4 is 33.8 Å². The van der Waals surface area contributed by atoms with E-state index >= 15 is 0 Å². The molecule has 0 unspecified atom stereocenters. The lowest BCUT2D eigenvalue weighted by molar-refractivity contribution is 0.0431. The van der Waals surface area contributed by atoms with Gasteiger partial charge in [0, 0.05) is 4.47 Å². The van der Waals surface area contributed by atoms with Crippen LogP contribution in [0.3, 0.4) is 0 Å². The van der Waals surface area contributed by atoms with Crippen LogP contribution in [0.25, 0.3) is 0 Å². The molecule has 6 heteroatoms. The molecule has 1 rings (SSSR count). The van der Waals surface area contributed by atoms with Gasteiger partial charge in [0.15, 0.2) is 0 Å². The average Bonchev–Trinajstić information content (AvgIpc) is 2.23. The van der Waals surface area contributed by atoms with E-state index in [0.717, 1.165) is 9.37 Å². The maximum atomic E-state index is 12.4. The molecule has 0 aliphatic heterocycles. The Balaban J connectivity index is 3.15. The molecule has 0 radical (unpaired) electrons. The lowest BCUT2D eigenvalue weighted by atomic mass is 10.2. The SMILES string of the molecule is CC(C)(C)OC(=O)N(C(=O)OC(C)(C)C)c1cccc(Br)c1. The average molecular weight is 372 g/mol. The first-order valence-electron chi connectivity index (χ1n) is 6.91. The van der Waals surface area contributed by atoms with Gasteiger partial charge in [0.25, 0.3) is 0 Å². The van der Waals surface area contributed by atoms with Crippen molar-refractivity contribution in [1.82, 2.24) is 0 Å². The van der Waals surface area contributed by atoms with E-state index in [2.05, 4.69) is 15.9 Å². The second-order valence-corrected chi connectivity index (χ2v) is 7.69. The number of hydrogen-bond donors (Lipinski definition) is 0. The Bertz CT molecular complexity index is 530. The van der Waals surface area contributed by atoms with Crippen molar-refractivity contribution in [1.29, 1.82) is 0 Å². The molecule has 22 heavy (non-hydrogen) atoms. The number of ether oxygens (including phenoxy) is 2. The normalized spacial score (nSPS) is 11.8. The van der Waals surface area contributed by atoms with E-state index in [4.69, 9.17) is 9.47 Å². The second kappa shape index (κ2) is 6.69. The van der Waals surface area contributed by atoms with Gasteiger partial charge in [0.05, 0.1) is 5.69 Å². The first kappa shape index (κ1) is 18.5. The Morgan fingerprint density at radius 2 is 1.41 bits per heavy atom. The molecule has 1 aromatic rings. The number of carbonyl (C=O) groups is 2. The maximum absolute atomic E-state index is 12.4. The van der Waals surface area contributed by atoms with Crippen molar-refractivity contribution in [3.63, 3.8) is 0 Å². The van der Waals surface area contributed by atoms with Gasteiger partial charge in [-0.05, 0) is 59.7 Å². The van der Waals surface area contributed by atoms with Crippen LogP contribution < -0.4 is 4.90 Å². The van der Waals surface area contributed by atoms with Crippen LogP contribution in [0.2, 0.25) is 0 Å². The summed E-state index contributed by atoms with van der Waals surface area (Å²) in [6.07, 6.45) is -1.56. The van der Waals surface area contributed by atoms with Gasteiger partial charge in [-0.15, -0.1) is 0 Å². The number of benzene rings is 1. The Morgan fingerprint density at radius 1 is 0.955 bits per heavy atom. The highest BCUT2D eigenvalue weighted by Crippen LogP contribution is 2.24. The zero-order valence-corrected chi connectivity index (χ0v) is 15.4. The van der Waals surface area contributed by atoms with Crippen LogP contribution in [0.5, 0.6) is 0 Å². The molecule has 2 amide bonds. The fourth-order valence-electron chi connectivity index (χ4n) is 1.52. The van der Waals surface area contributed by atoms with Crippen LogP contribution in [0.15, 0.2) is 28.7 Å². The molecule has 0 heterocycles.